The van der Waals surface area contributed by atoms with Gasteiger partial charge >= 0.3 is 0 Å². The smallest absolute Gasteiger partial charge is 0.189 e. The van der Waals surface area contributed by atoms with Crippen LogP contribution in [-0.2, 0) is 16.6 Å². The number of rotatable bonds is 8. The Morgan fingerprint density at radius 2 is 1.92 bits per heavy atom. The first-order valence-electron chi connectivity index (χ1n) is 12.3. The number of terminal acetylenes is 1. The van der Waals surface area contributed by atoms with Crippen LogP contribution in [0.1, 0.15) is 37.9 Å². The van der Waals surface area contributed by atoms with Gasteiger partial charge in [0.1, 0.15) is 5.69 Å². The normalized spacial score (nSPS) is 13.8. The molecular formula is C29H28FN5O2. The van der Waals surface area contributed by atoms with E-state index in [9.17, 15) is 0 Å². The maximum absolute atomic E-state index is 15.4. The molecule has 37 heavy (non-hydrogen) atoms. The summed E-state index contributed by atoms with van der Waals surface area (Å²) in [6, 6.07) is 11.6. The predicted octanol–water partition coefficient (Wildman–Crippen LogP) is 5.46. The van der Waals surface area contributed by atoms with Crippen LogP contribution in [0.3, 0.4) is 0 Å². The molecule has 0 aliphatic carbocycles. The zero-order chi connectivity index (χ0) is 26.0. The van der Waals surface area contributed by atoms with Crippen LogP contribution in [-0.4, -0.2) is 33.3 Å². The van der Waals surface area contributed by atoms with Crippen molar-refractivity contribution in [1.82, 2.24) is 20.1 Å². The molecule has 2 N–H and O–H groups in total. The summed E-state index contributed by atoms with van der Waals surface area (Å²) in [4.78, 5) is 12.9. The van der Waals surface area contributed by atoms with Crippen molar-refractivity contribution in [3.63, 3.8) is 0 Å². The summed E-state index contributed by atoms with van der Waals surface area (Å²) in [6.07, 6.45) is 11.9. The number of ether oxygens (including phenoxy) is 1. The molecule has 3 aromatic heterocycles. The summed E-state index contributed by atoms with van der Waals surface area (Å²) in [5.74, 6) is 3.24. The molecular weight excluding hydrogens is 469 g/mol. The third-order valence-electron chi connectivity index (χ3n) is 6.70. The molecule has 0 saturated carbocycles. The first-order valence-corrected chi connectivity index (χ1v) is 12.3. The van der Waals surface area contributed by atoms with Crippen LogP contribution in [0.5, 0.6) is 0 Å². The highest BCUT2D eigenvalue weighted by molar-refractivity contribution is 5.73. The van der Waals surface area contributed by atoms with Crippen molar-refractivity contribution in [1.29, 1.82) is 0 Å². The molecule has 4 heterocycles. The van der Waals surface area contributed by atoms with Crippen LogP contribution >= 0.6 is 0 Å². The number of aryl methyl sites for hydroxylation is 1. The minimum absolute atomic E-state index is 0.150. The molecule has 4 aromatic rings. The Kier molecular flexibility index (Phi) is 6.72. The molecule has 1 aromatic carbocycles. The number of pyridine rings is 1. The standard InChI is InChI=1S/C29H28FN5O2/c1-4-29(2,3)27-25(30)21(12-13-32-27)23-15-33-28(31)26(34-23)24-14-22(35-37-24)20-10-8-18(9-11-20)6-5-7-19-16-36-17-19/h1,8-15,19H,5-7,16-17H2,2-3H3,(H2,31,33). The highest BCUT2D eigenvalue weighted by Crippen LogP contribution is 2.33. The maximum atomic E-state index is 15.4. The van der Waals surface area contributed by atoms with Gasteiger partial charge in [-0.15, -0.1) is 6.42 Å². The molecule has 8 heteroatoms. The van der Waals surface area contributed by atoms with Gasteiger partial charge in [0, 0.05) is 29.3 Å². The number of hydrogen-bond donors (Lipinski definition) is 1. The fraction of sp³-hybridized carbons (Fsp3) is 0.310. The second-order valence-corrected chi connectivity index (χ2v) is 9.85. The zero-order valence-electron chi connectivity index (χ0n) is 20.9. The van der Waals surface area contributed by atoms with E-state index in [0.29, 0.717) is 17.4 Å². The number of aromatic nitrogens is 4. The van der Waals surface area contributed by atoms with E-state index in [1.807, 2.05) is 12.1 Å². The summed E-state index contributed by atoms with van der Waals surface area (Å²) in [5, 5.41) is 4.20. The largest absolute Gasteiger partial charge is 0.382 e. The second-order valence-electron chi connectivity index (χ2n) is 9.85. The fourth-order valence-electron chi connectivity index (χ4n) is 4.27. The highest BCUT2D eigenvalue weighted by Gasteiger charge is 2.26. The maximum Gasteiger partial charge on any atom is 0.189 e. The Morgan fingerprint density at radius 1 is 1.14 bits per heavy atom. The van der Waals surface area contributed by atoms with Gasteiger partial charge in [0.05, 0.1) is 36.2 Å². The molecule has 0 amide bonds. The predicted molar refractivity (Wildman–Crippen MR) is 140 cm³/mol. The lowest BCUT2D eigenvalue weighted by atomic mass is 9.88. The number of nitrogens with zero attached hydrogens (tertiary/aromatic N) is 4. The number of halogens is 1. The van der Waals surface area contributed by atoms with Crippen LogP contribution in [0.4, 0.5) is 10.2 Å². The Morgan fingerprint density at radius 3 is 2.62 bits per heavy atom. The van der Waals surface area contributed by atoms with Crippen molar-refractivity contribution in [3.05, 3.63) is 65.9 Å². The van der Waals surface area contributed by atoms with Crippen molar-refractivity contribution in [2.45, 2.75) is 38.5 Å². The van der Waals surface area contributed by atoms with E-state index in [2.05, 4.69) is 38.2 Å². The summed E-state index contributed by atoms with van der Waals surface area (Å²) >= 11 is 0. The lowest BCUT2D eigenvalue weighted by Gasteiger charge is -2.25. The molecule has 0 unspecified atom stereocenters. The van der Waals surface area contributed by atoms with Crippen molar-refractivity contribution in [3.8, 4) is 46.3 Å². The third-order valence-corrected chi connectivity index (χ3v) is 6.70. The van der Waals surface area contributed by atoms with Gasteiger partial charge in [-0.1, -0.05) is 35.3 Å². The van der Waals surface area contributed by atoms with E-state index in [1.165, 1.54) is 30.4 Å². The van der Waals surface area contributed by atoms with E-state index < -0.39 is 11.2 Å². The fourth-order valence-corrected chi connectivity index (χ4v) is 4.27. The Labute approximate surface area is 215 Å². The Balaban J connectivity index is 1.37. The second kappa shape index (κ2) is 10.1. The van der Waals surface area contributed by atoms with Gasteiger partial charge in [-0.3, -0.25) is 4.98 Å². The lowest BCUT2D eigenvalue weighted by molar-refractivity contribution is -0.0361. The van der Waals surface area contributed by atoms with Gasteiger partial charge < -0.3 is 15.0 Å². The number of anilines is 1. The van der Waals surface area contributed by atoms with Crippen LogP contribution in [0.2, 0.25) is 0 Å². The van der Waals surface area contributed by atoms with E-state index in [4.69, 9.17) is 21.4 Å². The molecule has 1 aliphatic rings. The number of benzene rings is 1. The molecule has 188 valence electrons. The van der Waals surface area contributed by atoms with E-state index in [1.54, 1.807) is 19.9 Å². The Hall–Kier alpha value is -4.09. The lowest BCUT2D eigenvalue weighted by Crippen LogP contribution is -2.27. The summed E-state index contributed by atoms with van der Waals surface area (Å²) in [5.41, 5.74) is 9.01. The third kappa shape index (κ3) is 5.09. The van der Waals surface area contributed by atoms with Gasteiger partial charge in [-0.25, -0.2) is 14.4 Å². The molecule has 0 bridgehead atoms. The van der Waals surface area contributed by atoms with Crippen LogP contribution in [0.25, 0.3) is 34.0 Å². The first kappa shape index (κ1) is 24.6. The topological polar surface area (TPSA) is 100.0 Å². The molecule has 0 radical (unpaired) electrons. The van der Waals surface area contributed by atoms with Gasteiger partial charge in [0.2, 0.25) is 0 Å². The number of nitrogen functional groups attached to an aromatic ring is 1. The van der Waals surface area contributed by atoms with Crippen molar-refractivity contribution < 1.29 is 13.7 Å². The molecule has 7 nitrogen and oxygen atoms in total. The molecule has 0 atom stereocenters. The summed E-state index contributed by atoms with van der Waals surface area (Å²) in [7, 11) is 0. The molecule has 5 rings (SSSR count). The molecule has 1 saturated heterocycles. The Bertz CT molecular complexity index is 1450. The van der Waals surface area contributed by atoms with Gasteiger partial charge in [-0.2, -0.15) is 0 Å². The summed E-state index contributed by atoms with van der Waals surface area (Å²) in [6.45, 7) is 5.26. The van der Waals surface area contributed by atoms with Crippen molar-refractivity contribution in [2.24, 2.45) is 5.92 Å². The molecule has 0 spiro atoms. The monoisotopic (exact) mass is 497 g/mol. The van der Waals surface area contributed by atoms with Gasteiger partial charge in [-0.05, 0) is 44.7 Å². The minimum atomic E-state index is -0.884. The SMILES string of the molecule is C#CC(C)(C)c1nccc(-c2cnc(N)c(-c3cc(-c4ccc(CCCC5COC5)cc4)no3)n2)c1F. The quantitative estimate of drug-likeness (QED) is 0.323. The van der Waals surface area contributed by atoms with E-state index in [-0.39, 0.29) is 28.5 Å². The van der Waals surface area contributed by atoms with Crippen LogP contribution < -0.4 is 5.73 Å². The average molecular weight is 498 g/mol. The van der Waals surface area contributed by atoms with E-state index >= 15 is 4.39 Å². The number of hydrogen-bond acceptors (Lipinski definition) is 7. The average Bonchev–Trinajstić information content (AvgIpc) is 3.36. The van der Waals surface area contributed by atoms with Crippen molar-refractivity contribution >= 4 is 5.82 Å². The molecule has 1 aliphatic heterocycles. The van der Waals surface area contributed by atoms with Gasteiger partial charge in [0.15, 0.2) is 23.1 Å². The van der Waals surface area contributed by atoms with Gasteiger partial charge in [0.25, 0.3) is 0 Å². The number of nitrogens with two attached hydrogens (primary N) is 1. The van der Waals surface area contributed by atoms with E-state index in [0.717, 1.165) is 31.6 Å². The van der Waals surface area contributed by atoms with Crippen molar-refractivity contribution in [2.75, 3.05) is 18.9 Å². The van der Waals surface area contributed by atoms with Crippen LogP contribution in [0.15, 0.2) is 53.3 Å². The van der Waals surface area contributed by atoms with Crippen LogP contribution in [0, 0.1) is 24.1 Å². The summed E-state index contributed by atoms with van der Waals surface area (Å²) < 4.78 is 26.2. The zero-order valence-corrected chi connectivity index (χ0v) is 20.9. The molecule has 1 fully saturated rings. The highest BCUT2D eigenvalue weighted by atomic mass is 19.1. The first-order chi connectivity index (χ1) is 17.9. The minimum Gasteiger partial charge on any atom is -0.382 e.